The van der Waals surface area contributed by atoms with Crippen LogP contribution in [0.2, 0.25) is 0 Å². The number of H-pyrrole nitrogens is 1. The maximum atomic E-state index is 12.0. The second-order valence-corrected chi connectivity index (χ2v) is 4.69. The monoisotopic (exact) mass is 238 g/mol. The number of nitrogens with zero attached hydrogens (tertiary/aromatic N) is 1. The molecule has 0 radical (unpaired) electrons. The van der Waals surface area contributed by atoms with Gasteiger partial charge in [-0.3, -0.25) is 4.79 Å². The highest BCUT2D eigenvalue weighted by molar-refractivity contribution is 6.14. The third-order valence-electron chi connectivity index (χ3n) is 3.33. The van der Waals surface area contributed by atoms with Crippen molar-refractivity contribution in [2.24, 2.45) is 0 Å². The van der Waals surface area contributed by atoms with E-state index in [4.69, 9.17) is 0 Å². The fourth-order valence-electron chi connectivity index (χ4n) is 2.49. The van der Waals surface area contributed by atoms with Crippen LogP contribution < -0.4 is 15.8 Å². The van der Waals surface area contributed by atoms with Gasteiger partial charge in [0.15, 0.2) is 0 Å². The molecule has 18 heavy (non-hydrogen) atoms. The zero-order chi connectivity index (χ0) is 12.9. The van der Waals surface area contributed by atoms with E-state index in [0.29, 0.717) is 5.35 Å². The second-order valence-electron chi connectivity index (χ2n) is 4.69. The molecule has 0 fully saturated rings. The van der Waals surface area contributed by atoms with Crippen LogP contribution in [-0.4, -0.2) is 19.1 Å². The molecule has 3 heteroatoms. The Hall–Kier alpha value is -2.29. The summed E-state index contributed by atoms with van der Waals surface area (Å²) >= 11 is 0. The molecule has 90 valence electrons. The summed E-state index contributed by atoms with van der Waals surface area (Å²) in [7, 11) is 4.00. The Kier molecular flexibility index (Phi) is 2.17. The van der Waals surface area contributed by atoms with Gasteiger partial charge >= 0.3 is 0 Å². The summed E-state index contributed by atoms with van der Waals surface area (Å²) in [4.78, 5) is 16.8. The summed E-state index contributed by atoms with van der Waals surface area (Å²) in [6.07, 6.45) is 0. The first-order valence-corrected chi connectivity index (χ1v) is 5.83. The summed E-state index contributed by atoms with van der Waals surface area (Å²) in [6.45, 7) is 3.92. The third kappa shape index (κ3) is 1.34. The van der Waals surface area contributed by atoms with Gasteiger partial charge in [-0.1, -0.05) is 24.8 Å². The Morgan fingerprint density at radius 1 is 1.06 bits per heavy atom. The van der Waals surface area contributed by atoms with Crippen molar-refractivity contribution < 1.29 is 0 Å². The number of rotatable bonds is 1. The van der Waals surface area contributed by atoms with E-state index in [1.165, 1.54) is 0 Å². The number of nitrogens with one attached hydrogen (secondary N) is 1. The first-order chi connectivity index (χ1) is 8.59. The molecule has 0 saturated heterocycles. The van der Waals surface area contributed by atoms with Crippen LogP contribution in [0.1, 0.15) is 0 Å². The van der Waals surface area contributed by atoms with Crippen LogP contribution in [0.25, 0.3) is 28.1 Å². The van der Waals surface area contributed by atoms with Crippen molar-refractivity contribution in [3.63, 3.8) is 0 Å². The van der Waals surface area contributed by atoms with Crippen LogP contribution in [0.15, 0.2) is 35.1 Å². The number of aromatic nitrogens is 1. The molecule has 0 atom stereocenters. The molecule has 3 nitrogen and oxygen atoms in total. The van der Waals surface area contributed by atoms with E-state index >= 15 is 0 Å². The second kappa shape index (κ2) is 3.60. The van der Waals surface area contributed by atoms with Crippen LogP contribution in [0, 0.1) is 0 Å². The van der Waals surface area contributed by atoms with Gasteiger partial charge < -0.3 is 9.88 Å². The van der Waals surface area contributed by atoms with E-state index < -0.39 is 0 Å². The largest absolute Gasteiger partial charge is 0.377 e. The molecule has 0 saturated carbocycles. The lowest BCUT2D eigenvalue weighted by Gasteiger charge is -2.17. The summed E-state index contributed by atoms with van der Waals surface area (Å²) in [5.74, 6) is 0. The molecule has 3 rings (SSSR count). The van der Waals surface area contributed by atoms with Crippen LogP contribution in [0.3, 0.4) is 0 Å². The highest BCUT2D eigenvalue weighted by atomic mass is 16.1. The van der Waals surface area contributed by atoms with Gasteiger partial charge in [0.25, 0.3) is 5.56 Å². The molecule has 0 aliphatic rings. The Morgan fingerprint density at radius 3 is 2.50 bits per heavy atom. The van der Waals surface area contributed by atoms with E-state index in [9.17, 15) is 4.79 Å². The van der Waals surface area contributed by atoms with Gasteiger partial charge in [-0.25, -0.2) is 0 Å². The van der Waals surface area contributed by atoms with E-state index in [2.05, 4.69) is 16.5 Å². The summed E-state index contributed by atoms with van der Waals surface area (Å²) in [5, 5.41) is 4.49. The molecule has 1 N–H and O–H groups in total. The zero-order valence-corrected chi connectivity index (χ0v) is 10.4. The van der Waals surface area contributed by atoms with Crippen LogP contribution >= 0.6 is 0 Å². The van der Waals surface area contributed by atoms with Gasteiger partial charge in [-0.15, -0.1) is 0 Å². The predicted molar refractivity (Wildman–Crippen MR) is 77.1 cm³/mol. The smallest absolute Gasteiger partial charge is 0.256 e. The number of anilines is 1. The minimum Gasteiger partial charge on any atom is -0.377 e. The number of pyridine rings is 1. The maximum Gasteiger partial charge on any atom is 0.256 e. The van der Waals surface area contributed by atoms with E-state index in [-0.39, 0.29) is 5.56 Å². The molecule has 0 unspecified atom stereocenters. The van der Waals surface area contributed by atoms with E-state index in [0.717, 1.165) is 27.2 Å². The summed E-state index contributed by atoms with van der Waals surface area (Å²) in [5.41, 5.74) is 1.03. The van der Waals surface area contributed by atoms with Gasteiger partial charge in [-0.05, 0) is 12.1 Å². The van der Waals surface area contributed by atoms with Crippen molar-refractivity contribution in [1.29, 1.82) is 0 Å². The fourth-order valence-corrected chi connectivity index (χ4v) is 2.49. The average molecular weight is 238 g/mol. The quantitative estimate of drug-likeness (QED) is 0.702. The van der Waals surface area contributed by atoms with Crippen molar-refractivity contribution in [3.8, 4) is 0 Å². The van der Waals surface area contributed by atoms with Crippen LogP contribution in [0.5, 0.6) is 0 Å². The lowest BCUT2D eigenvalue weighted by Crippen LogP contribution is -2.20. The maximum absolute atomic E-state index is 12.0. The first-order valence-electron chi connectivity index (χ1n) is 5.83. The molecular formula is C15H14N2O. The Labute approximate surface area is 104 Å². The zero-order valence-electron chi connectivity index (χ0n) is 10.4. The molecule has 0 aliphatic heterocycles. The normalized spacial score (nSPS) is 11.2. The third-order valence-corrected chi connectivity index (χ3v) is 3.33. The molecule has 1 heterocycles. The molecule has 3 aromatic rings. The van der Waals surface area contributed by atoms with Crippen molar-refractivity contribution in [2.45, 2.75) is 0 Å². The first kappa shape index (κ1) is 10.8. The summed E-state index contributed by atoms with van der Waals surface area (Å²) in [6, 6.07) is 9.89. The number of benzene rings is 2. The van der Waals surface area contributed by atoms with E-state index in [1.807, 2.05) is 44.4 Å². The van der Waals surface area contributed by atoms with Gasteiger partial charge in [0, 0.05) is 46.7 Å². The predicted octanol–water partition coefficient (Wildman–Crippen LogP) is 1.88. The number of hydrogen-bond donors (Lipinski definition) is 1. The average Bonchev–Trinajstić information content (AvgIpc) is 2.34. The van der Waals surface area contributed by atoms with Gasteiger partial charge in [0.1, 0.15) is 0 Å². The van der Waals surface area contributed by atoms with Crippen molar-refractivity contribution >= 4 is 33.8 Å². The fraction of sp³-hybridized carbons (Fsp3) is 0.133. The highest BCUT2D eigenvalue weighted by Gasteiger charge is 2.10. The Balaban J connectivity index is 2.69. The minimum atomic E-state index is -0.0750. The number of aromatic amines is 1. The Morgan fingerprint density at radius 2 is 1.78 bits per heavy atom. The van der Waals surface area contributed by atoms with Crippen molar-refractivity contribution in [1.82, 2.24) is 4.98 Å². The molecule has 0 spiro atoms. The SMILES string of the molecule is C=c1[nH]c(=O)c2ccc(N(C)C)c3cccc1c32. The Bertz CT molecular complexity index is 816. The van der Waals surface area contributed by atoms with Crippen molar-refractivity contribution in [3.05, 3.63) is 46.0 Å². The molecular weight excluding hydrogens is 224 g/mol. The molecule has 1 aromatic heterocycles. The molecule has 0 aliphatic carbocycles. The molecule has 0 amide bonds. The van der Waals surface area contributed by atoms with Crippen LogP contribution in [0.4, 0.5) is 5.69 Å². The lowest BCUT2D eigenvalue weighted by atomic mass is 10.0. The van der Waals surface area contributed by atoms with Crippen LogP contribution in [-0.2, 0) is 0 Å². The standard InChI is InChI=1S/C15H14N2O/c1-9-10-5-4-6-11-13(17(2)3)8-7-12(14(10)11)15(18)16-9/h4-8H,1H2,2-3H3,(H,16,18). The number of hydrogen-bond acceptors (Lipinski definition) is 2. The van der Waals surface area contributed by atoms with E-state index in [1.54, 1.807) is 0 Å². The van der Waals surface area contributed by atoms with Gasteiger partial charge in [0.2, 0.25) is 0 Å². The molecule has 0 bridgehead atoms. The topological polar surface area (TPSA) is 36.1 Å². The van der Waals surface area contributed by atoms with Crippen molar-refractivity contribution in [2.75, 3.05) is 19.0 Å². The highest BCUT2D eigenvalue weighted by Crippen LogP contribution is 2.29. The summed E-state index contributed by atoms with van der Waals surface area (Å²) < 4.78 is 0. The lowest BCUT2D eigenvalue weighted by molar-refractivity contribution is 1.14. The minimum absolute atomic E-state index is 0.0750. The van der Waals surface area contributed by atoms with Gasteiger partial charge in [-0.2, -0.15) is 0 Å². The molecule has 2 aromatic carbocycles. The van der Waals surface area contributed by atoms with Gasteiger partial charge in [0.05, 0.1) is 0 Å².